The van der Waals surface area contributed by atoms with E-state index in [-0.39, 0.29) is 6.10 Å². The number of nitriles is 1. The molecule has 1 N–H and O–H groups in total. The Morgan fingerprint density at radius 1 is 1.70 bits per heavy atom. The lowest BCUT2D eigenvalue weighted by atomic mass is 10.0. The fraction of sp³-hybridized carbons (Fsp3) is 0.857. The largest absolute Gasteiger partial charge is 0.390 e. The normalized spacial score (nSPS) is 33.2. The summed E-state index contributed by atoms with van der Waals surface area (Å²) in [6.07, 6.45) is 1.32. The quantitative estimate of drug-likeness (QED) is 0.576. The Morgan fingerprint density at radius 2 is 2.50 bits per heavy atom. The first-order valence-corrected chi connectivity index (χ1v) is 3.51. The Labute approximate surface area is 60.2 Å². The molecule has 0 aromatic rings. The van der Waals surface area contributed by atoms with Crippen molar-refractivity contribution >= 4 is 0 Å². The van der Waals surface area contributed by atoms with Gasteiger partial charge in [-0.05, 0) is 12.8 Å². The van der Waals surface area contributed by atoms with Gasteiger partial charge in [-0.2, -0.15) is 5.26 Å². The molecule has 0 amide bonds. The van der Waals surface area contributed by atoms with E-state index in [9.17, 15) is 5.11 Å². The van der Waals surface area contributed by atoms with Gasteiger partial charge < -0.3 is 9.84 Å². The molecule has 0 radical (unpaired) electrons. The number of nitrogens with zero attached hydrogens (tertiary/aromatic N) is 1. The molecule has 1 fully saturated rings. The van der Waals surface area contributed by atoms with Crippen LogP contribution in [0.5, 0.6) is 0 Å². The molecule has 3 heteroatoms. The summed E-state index contributed by atoms with van der Waals surface area (Å²) in [4.78, 5) is 0. The summed E-state index contributed by atoms with van der Waals surface area (Å²) in [5.41, 5.74) is 0. The molecule has 0 aromatic carbocycles. The summed E-state index contributed by atoms with van der Waals surface area (Å²) in [6.45, 7) is 0.684. The third-order valence-corrected chi connectivity index (χ3v) is 1.70. The van der Waals surface area contributed by atoms with Crippen LogP contribution in [0.1, 0.15) is 19.3 Å². The third kappa shape index (κ3) is 1.69. The van der Waals surface area contributed by atoms with E-state index in [4.69, 9.17) is 10.00 Å². The highest BCUT2D eigenvalue weighted by atomic mass is 16.5. The Hall–Kier alpha value is -0.590. The highest BCUT2D eigenvalue weighted by Gasteiger charge is 2.22. The van der Waals surface area contributed by atoms with Crippen molar-refractivity contribution in [1.29, 1.82) is 5.26 Å². The molecule has 3 nitrogen and oxygen atoms in total. The molecule has 2 unspecified atom stereocenters. The molecule has 56 valence electrons. The van der Waals surface area contributed by atoms with Gasteiger partial charge in [-0.1, -0.05) is 0 Å². The minimum atomic E-state index is -0.423. The molecule has 0 aromatic heterocycles. The van der Waals surface area contributed by atoms with Crippen LogP contribution < -0.4 is 0 Å². The molecule has 1 rings (SSSR count). The second kappa shape index (κ2) is 3.55. The Bertz CT molecular complexity index is 141. The van der Waals surface area contributed by atoms with Crippen LogP contribution in [0.25, 0.3) is 0 Å². The van der Waals surface area contributed by atoms with E-state index < -0.39 is 6.10 Å². The molecule has 1 aliphatic rings. The highest BCUT2D eigenvalue weighted by molar-refractivity contribution is 4.83. The van der Waals surface area contributed by atoms with Crippen LogP contribution >= 0.6 is 0 Å². The van der Waals surface area contributed by atoms with Crippen molar-refractivity contribution in [2.45, 2.75) is 31.5 Å². The van der Waals surface area contributed by atoms with Crippen molar-refractivity contribution in [3.8, 4) is 6.07 Å². The van der Waals surface area contributed by atoms with Gasteiger partial charge in [0.1, 0.15) is 0 Å². The Balaban J connectivity index is 2.34. The zero-order valence-corrected chi connectivity index (χ0v) is 5.79. The number of aliphatic hydroxyl groups is 1. The van der Waals surface area contributed by atoms with Crippen molar-refractivity contribution in [2.24, 2.45) is 0 Å². The van der Waals surface area contributed by atoms with E-state index in [1.807, 2.05) is 6.07 Å². The monoisotopic (exact) mass is 141 g/mol. The zero-order valence-electron chi connectivity index (χ0n) is 5.79. The Morgan fingerprint density at radius 3 is 3.10 bits per heavy atom. The average molecular weight is 141 g/mol. The van der Waals surface area contributed by atoms with Crippen molar-refractivity contribution < 1.29 is 9.84 Å². The maximum absolute atomic E-state index is 9.22. The predicted molar refractivity (Wildman–Crippen MR) is 35.2 cm³/mol. The van der Waals surface area contributed by atoms with Crippen LogP contribution in [-0.4, -0.2) is 23.9 Å². The lowest BCUT2D eigenvalue weighted by molar-refractivity contribution is -0.0705. The van der Waals surface area contributed by atoms with E-state index in [1.54, 1.807) is 0 Å². The molecular weight excluding hydrogens is 130 g/mol. The topological polar surface area (TPSA) is 53.2 Å². The lowest BCUT2D eigenvalue weighted by Crippen LogP contribution is -2.33. The first-order valence-electron chi connectivity index (χ1n) is 3.51. The number of hydrogen-bond donors (Lipinski definition) is 1. The lowest BCUT2D eigenvalue weighted by Gasteiger charge is -2.25. The summed E-state index contributed by atoms with van der Waals surface area (Å²) in [7, 11) is 0. The molecule has 1 aliphatic heterocycles. The minimum absolute atomic E-state index is 0.237. The fourth-order valence-electron chi connectivity index (χ4n) is 1.11. The van der Waals surface area contributed by atoms with Gasteiger partial charge >= 0.3 is 0 Å². The molecule has 0 bridgehead atoms. The molecule has 10 heavy (non-hydrogen) atoms. The highest BCUT2D eigenvalue weighted by Crippen LogP contribution is 2.15. The van der Waals surface area contributed by atoms with Gasteiger partial charge in [0.2, 0.25) is 0 Å². The van der Waals surface area contributed by atoms with Crippen LogP contribution in [0.4, 0.5) is 0 Å². The van der Waals surface area contributed by atoms with Crippen molar-refractivity contribution in [3.63, 3.8) is 0 Å². The molecular formula is C7H11NO2. The van der Waals surface area contributed by atoms with Crippen molar-refractivity contribution in [1.82, 2.24) is 0 Å². The molecule has 0 spiro atoms. The number of hydrogen-bond acceptors (Lipinski definition) is 3. The fourth-order valence-corrected chi connectivity index (χ4v) is 1.11. The maximum atomic E-state index is 9.22. The van der Waals surface area contributed by atoms with Gasteiger partial charge in [-0.3, -0.25) is 0 Å². The molecule has 1 heterocycles. The standard InChI is InChI=1S/C7H11NO2/c8-4-3-7-6(9)2-1-5-10-7/h6-7,9H,1-3,5H2. The van der Waals surface area contributed by atoms with Gasteiger partial charge in [0.05, 0.1) is 24.7 Å². The summed E-state index contributed by atoms with van der Waals surface area (Å²) in [5, 5.41) is 17.5. The van der Waals surface area contributed by atoms with E-state index in [1.165, 1.54) is 0 Å². The summed E-state index contributed by atoms with van der Waals surface area (Å²) in [6, 6.07) is 1.98. The van der Waals surface area contributed by atoms with E-state index >= 15 is 0 Å². The smallest absolute Gasteiger partial charge is 0.0963 e. The van der Waals surface area contributed by atoms with Crippen LogP contribution in [0.2, 0.25) is 0 Å². The second-order valence-corrected chi connectivity index (χ2v) is 2.48. The number of rotatable bonds is 1. The summed E-state index contributed by atoms with van der Waals surface area (Å²) in [5.74, 6) is 0. The first kappa shape index (κ1) is 7.52. The second-order valence-electron chi connectivity index (χ2n) is 2.48. The van der Waals surface area contributed by atoms with Crippen molar-refractivity contribution in [2.75, 3.05) is 6.61 Å². The van der Waals surface area contributed by atoms with Gasteiger partial charge in [-0.25, -0.2) is 0 Å². The zero-order chi connectivity index (χ0) is 7.40. The molecule has 2 atom stereocenters. The van der Waals surface area contributed by atoms with Crippen LogP contribution in [0.15, 0.2) is 0 Å². The van der Waals surface area contributed by atoms with Gasteiger partial charge in [0, 0.05) is 6.61 Å². The number of ether oxygens (including phenoxy) is 1. The SMILES string of the molecule is N#CCC1OCCCC1O. The maximum Gasteiger partial charge on any atom is 0.0963 e. The van der Waals surface area contributed by atoms with Gasteiger partial charge in [-0.15, -0.1) is 0 Å². The Kier molecular flexibility index (Phi) is 2.67. The summed E-state index contributed by atoms with van der Waals surface area (Å²) < 4.78 is 5.16. The summed E-state index contributed by atoms with van der Waals surface area (Å²) >= 11 is 0. The van der Waals surface area contributed by atoms with Gasteiger partial charge in [0.15, 0.2) is 0 Å². The minimum Gasteiger partial charge on any atom is -0.390 e. The molecule has 1 saturated heterocycles. The van der Waals surface area contributed by atoms with Crippen molar-refractivity contribution in [3.05, 3.63) is 0 Å². The third-order valence-electron chi connectivity index (χ3n) is 1.70. The van der Waals surface area contributed by atoms with Gasteiger partial charge in [0.25, 0.3) is 0 Å². The van der Waals surface area contributed by atoms with Crippen LogP contribution in [0.3, 0.4) is 0 Å². The van der Waals surface area contributed by atoms with E-state index in [0.717, 1.165) is 12.8 Å². The molecule has 0 aliphatic carbocycles. The average Bonchev–Trinajstić information content (AvgIpc) is 1.94. The van der Waals surface area contributed by atoms with Crippen LogP contribution in [-0.2, 0) is 4.74 Å². The van der Waals surface area contributed by atoms with Crippen LogP contribution in [0, 0.1) is 11.3 Å². The molecule has 0 saturated carbocycles. The predicted octanol–water partition coefficient (Wildman–Crippen LogP) is 0.440. The van der Waals surface area contributed by atoms with E-state index in [2.05, 4.69) is 0 Å². The van der Waals surface area contributed by atoms with E-state index in [0.29, 0.717) is 13.0 Å². The number of aliphatic hydroxyl groups excluding tert-OH is 1. The first-order chi connectivity index (χ1) is 4.84.